The van der Waals surface area contributed by atoms with Crippen LogP contribution in [0.15, 0.2) is 42.5 Å². The lowest BCUT2D eigenvalue weighted by molar-refractivity contribution is -0.120. The van der Waals surface area contributed by atoms with Gasteiger partial charge in [-0.05, 0) is 50.2 Å². The second-order valence-corrected chi connectivity index (χ2v) is 7.31. The number of amides is 2. The van der Waals surface area contributed by atoms with Crippen LogP contribution >= 0.6 is 0 Å². The predicted molar refractivity (Wildman–Crippen MR) is 117 cm³/mol. The number of carbonyl (C=O) groups excluding carboxylic acids is 2. The van der Waals surface area contributed by atoms with Gasteiger partial charge in [-0.2, -0.15) is 0 Å². The second kappa shape index (κ2) is 11.2. The van der Waals surface area contributed by atoms with Gasteiger partial charge in [0.05, 0.1) is 20.8 Å². The number of nitrogens with one attached hydrogen (secondary N) is 2. The Hall–Kier alpha value is -3.06. The fourth-order valence-electron chi connectivity index (χ4n) is 2.83. The van der Waals surface area contributed by atoms with E-state index in [2.05, 4.69) is 42.5 Å². The maximum absolute atomic E-state index is 12.3. The van der Waals surface area contributed by atoms with E-state index in [0.29, 0.717) is 29.6 Å². The first-order chi connectivity index (χ1) is 14.3. The van der Waals surface area contributed by atoms with Gasteiger partial charge < -0.3 is 20.1 Å². The second-order valence-electron chi connectivity index (χ2n) is 7.31. The van der Waals surface area contributed by atoms with Gasteiger partial charge in [0.1, 0.15) is 0 Å². The lowest BCUT2D eigenvalue weighted by Crippen LogP contribution is -2.36. The SMILES string of the molecule is COc1ccc(C(=O)NCC(=O)NCc2ccccc2CN(C)C(C)C)cc1OC. The Bertz CT molecular complexity index is 867. The Labute approximate surface area is 178 Å². The van der Waals surface area contributed by atoms with Gasteiger partial charge in [-0.1, -0.05) is 24.3 Å². The molecule has 0 aliphatic heterocycles. The predicted octanol–water partition coefficient (Wildman–Crippen LogP) is 2.59. The summed E-state index contributed by atoms with van der Waals surface area (Å²) in [6.07, 6.45) is 0. The van der Waals surface area contributed by atoms with Crippen LogP contribution in [0, 0.1) is 0 Å². The first-order valence-electron chi connectivity index (χ1n) is 9.89. The molecule has 0 unspecified atom stereocenters. The van der Waals surface area contributed by atoms with Crippen molar-refractivity contribution < 1.29 is 19.1 Å². The van der Waals surface area contributed by atoms with Crippen LogP contribution in [0.3, 0.4) is 0 Å². The Balaban J connectivity index is 1.89. The van der Waals surface area contributed by atoms with Gasteiger partial charge in [0, 0.05) is 24.7 Å². The molecule has 2 aromatic rings. The van der Waals surface area contributed by atoms with Crippen molar-refractivity contribution >= 4 is 11.8 Å². The molecule has 0 aromatic heterocycles. The van der Waals surface area contributed by atoms with Crippen molar-refractivity contribution in [3.8, 4) is 11.5 Å². The van der Waals surface area contributed by atoms with Crippen molar-refractivity contribution in [2.24, 2.45) is 0 Å². The highest BCUT2D eigenvalue weighted by Gasteiger charge is 2.13. The third-order valence-corrected chi connectivity index (χ3v) is 4.95. The number of hydrogen-bond donors (Lipinski definition) is 2. The van der Waals surface area contributed by atoms with E-state index in [4.69, 9.17) is 9.47 Å². The van der Waals surface area contributed by atoms with Crippen LogP contribution in [0.5, 0.6) is 11.5 Å². The fourth-order valence-corrected chi connectivity index (χ4v) is 2.83. The molecule has 0 spiro atoms. The third-order valence-electron chi connectivity index (χ3n) is 4.95. The summed E-state index contributed by atoms with van der Waals surface area (Å²) in [6, 6.07) is 13.3. The van der Waals surface area contributed by atoms with Crippen LogP contribution in [-0.2, 0) is 17.9 Å². The van der Waals surface area contributed by atoms with Crippen LogP contribution in [0.1, 0.15) is 35.3 Å². The number of benzene rings is 2. The molecular weight excluding hydrogens is 382 g/mol. The highest BCUT2D eigenvalue weighted by molar-refractivity contribution is 5.97. The summed E-state index contributed by atoms with van der Waals surface area (Å²) in [7, 11) is 5.11. The van der Waals surface area contributed by atoms with E-state index >= 15 is 0 Å². The Morgan fingerprint density at radius 2 is 1.63 bits per heavy atom. The molecule has 0 fully saturated rings. The van der Waals surface area contributed by atoms with E-state index in [9.17, 15) is 9.59 Å². The van der Waals surface area contributed by atoms with Gasteiger partial charge in [0.15, 0.2) is 11.5 Å². The minimum absolute atomic E-state index is 0.110. The van der Waals surface area contributed by atoms with Crippen molar-refractivity contribution in [2.45, 2.75) is 33.0 Å². The van der Waals surface area contributed by atoms with Crippen molar-refractivity contribution in [3.05, 3.63) is 59.2 Å². The van der Waals surface area contributed by atoms with E-state index in [1.54, 1.807) is 18.2 Å². The van der Waals surface area contributed by atoms with Gasteiger partial charge in [-0.25, -0.2) is 0 Å². The van der Waals surface area contributed by atoms with Crippen molar-refractivity contribution in [2.75, 3.05) is 27.8 Å². The van der Waals surface area contributed by atoms with Crippen LogP contribution < -0.4 is 20.1 Å². The minimum Gasteiger partial charge on any atom is -0.493 e. The summed E-state index contributed by atoms with van der Waals surface area (Å²) >= 11 is 0. The molecule has 0 aliphatic carbocycles. The molecule has 2 N–H and O–H groups in total. The highest BCUT2D eigenvalue weighted by Crippen LogP contribution is 2.27. The summed E-state index contributed by atoms with van der Waals surface area (Å²) in [6.45, 7) is 5.39. The summed E-state index contributed by atoms with van der Waals surface area (Å²) in [5.74, 6) is 0.382. The zero-order valence-corrected chi connectivity index (χ0v) is 18.3. The van der Waals surface area contributed by atoms with Gasteiger partial charge in [0.25, 0.3) is 5.91 Å². The van der Waals surface area contributed by atoms with E-state index in [1.165, 1.54) is 19.8 Å². The molecule has 0 saturated carbocycles. The smallest absolute Gasteiger partial charge is 0.251 e. The van der Waals surface area contributed by atoms with Gasteiger partial charge in [0.2, 0.25) is 5.91 Å². The van der Waals surface area contributed by atoms with Gasteiger partial charge in [-0.3, -0.25) is 14.5 Å². The molecule has 7 heteroatoms. The van der Waals surface area contributed by atoms with Gasteiger partial charge in [-0.15, -0.1) is 0 Å². The molecule has 2 aromatic carbocycles. The van der Waals surface area contributed by atoms with Crippen LogP contribution in [0.2, 0.25) is 0 Å². The molecule has 0 atom stereocenters. The molecule has 2 rings (SSSR count). The number of ether oxygens (including phenoxy) is 2. The quantitative estimate of drug-likeness (QED) is 0.626. The zero-order valence-electron chi connectivity index (χ0n) is 18.3. The van der Waals surface area contributed by atoms with E-state index in [0.717, 1.165) is 12.1 Å². The molecule has 0 aliphatic rings. The maximum Gasteiger partial charge on any atom is 0.251 e. The number of rotatable bonds is 10. The highest BCUT2D eigenvalue weighted by atomic mass is 16.5. The maximum atomic E-state index is 12.3. The summed E-state index contributed by atoms with van der Waals surface area (Å²) in [5, 5.41) is 5.50. The lowest BCUT2D eigenvalue weighted by Gasteiger charge is -2.22. The standard InChI is InChI=1S/C23H31N3O4/c1-16(2)26(3)15-19-9-7-6-8-18(19)13-24-22(27)14-25-23(28)17-10-11-20(29-4)21(12-17)30-5/h6-12,16H,13-15H2,1-5H3,(H,24,27)(H,25,28). The summed E-state index contributed by atoms with van der Waals surface area (Å²) in [4.78, 5) is 26.8. The van der Waals surface area contributed by atoms with Gasteiger partial charge >= 0.3 is 0 Å². The Kier molecular flexibility index (Phi) is 8.68. The largest absolute Gasteiger partial charge is 0.493 e. The monoisotopic (exact) mass is 413 g/mol. The van der Waals surface area contributed by atoms with E-state index in [1.807, 2.05) is 18.2 Å². The van der Waals surface area contributed by atoms with Crippen molar-refractivity contribution in [1.29, 1.82) is 0 Å². The molecule has 0 radical (unpaired) electrons. The molecule has 30 heavy (non-hydrogen) atoms. The molecule has 162 valence electrons. The van der Waals surface area contributed by atoms with E-state index < -0.39 is 0 Å². The molecule has 0 heterocycles. The molecule has 7 nitrogen and oxygen atoms in total. The van der Waals surface area contributed by atoms with E-state index in [-0.39, 0.29) is 18.4 Å². The van der Waals surface area contributed by atoms with Crippen LogP contribution in [0.4, 0.5) is 0 Å². The lowest BCUT2D eigenvalue weighted by atomic mass is 10.1. The van der Waals surface area contributed by atoms with Crippen molar-refractivity contribution in [3.63, 3.8) is 0 Å². The number of hydrogen-bond acceptors (Lipinski definition) is 5. The fraction of sp³-hybridized carbons (Fsp3) is 0.391. The normalized spacial score (nSPS) is 10.8. The zero-order chi connectivity index (χ0) is 22.1. The number of methoxy groups -OCH3 is 2. The molecule has 0 bridgehead atoms. The number of nitrogens with zero attached hydrogens (tertiary/aromatic N) is 1. The third kappa shape index (κ3) is 6.49. The molecule has 0 saturated heterocycles. The van der Waals surface area contributed by atoms with Crippen LogP contribution in [-0.4, -0.2) is 50.6 Å². The topological polar surface area (TPSA) is 79.9 Å². The summed E-state index contributed by atoms with van der Waals surface area (Å²) in [5.41, 5.74) is 2.62. The minimum atomic E-state index is -0.356. The first kappa shape index (κ1) is 23.2. The number of carbonyl (C=O) groups is 2. The average Bonchev–Trinajstić information content (AvgIpc) is 2.76. The first-order valence-corrected chi connectivity index (χ1v) is 9.89. The molecular formula is C23H31N3O4. The Morgan fingerprint density at radius 3 is 2.27 bits per heavy atom. The average molecular weight is 414 g/mol. The summed E-state index contributed by atoms with van der Waals surface area (Å²) < 4.78 is 10.4. The Morgan fingerprint density at radius 1 is 0.967 bits per heavy atom. The van der Waals surface area contributed by atoms with Crippen LogP contribution in [0.25, 0.3) is 0 Å². The molecule has 2 amide bonds. The van der Waals surface area contributed by atoms with Crippen molar-refractivity contribution in [1.82, 2.24) is 15.5 Å².